The Labute approximate surface area is 170 Å². The largest absolute Gasteiger partial charge is 0.353 e. The molecule has 2 aliphatic heterocycles. The number of para-hydroxylation sites is 1. The van der Waals surface area contributed by atoms with Gasteiger partial charge in [0, 0.05) is 55.6 Å². The molecule has 2 fully saturated rings. The third-order valence-corrected chi connectivity index (χ3v) is 7.59. The van der Waals surface area contributed by atoms with E-state index in [0.717, 1.165) is 54.9 Å². The van der Waals surface area contributed by atoms with Crippen molar-refractivity contribution < 1.29 is 8.42 Å². The predicted octanol–water partition coefficient (Wildman–Crippen LogP) is 2.00. The number of aromatic nitrogens is 3. The second-order valence-corrected chi connectivity index (χ2v) is 9.94. The van der Waals surface area contributed by atoms with Gasteiger partial charge in [-0.25, -0.2) is 18.4 Å². The highest BCUT2D eigenvalue weighted by molar-refractivity contribution is 7.91. The fraction of sp³-hybridized carbons (Fsp3) is 0.381. The van der Waals surface area contributed by atoms with E-state index < -0.39 is 9.84 Å². The van der Waals surface area contributed by atoms with Crippen molar-refractivity contribution in [2.24, 2.45) is 0 Å². The van der Waals surface area contributed by atoms with Gasteiger partial charge in [-0.15, -0.1) is 0 Å². The zero-order chi connectivity index (χ0) is 19.8. The lowest BCUT2D eigenvalue weighted by Gasteiger charge is -2.38. The van der Waals surface area contributed by atoms with Crippen LogP contribution >= 0.6 is 0 Å². The second-order valence-electron chi connectivity index (χ2n) is 7.71. The number of sulfone groups is 1. The van der Waals surface area contributed by atoms with Crippen LogP contribution in [0.25, 0.3) is 22.3 Å². The maximum Gasteiger partial charge on any atom is 0.163 e. The van der Waals surface area contributed by atoms with Crippen molar-refractivity contribution in [1.29, 1.82) is 0 Å². The highest BCUT2D eigenvalue weighted by Crippen LogP contribution is 2.29. The number of nitrogens with zero attached hydrogens (tertiary/aromatic N) is 5. The van der Waals surface area contributed by atoms with Gasteiger partial charge in [-0.05, 0) is 30.7 Å². The number of anilines is 1. The fourth-order valence-corrected chi connectivity index (χ4v) is 6.05. The Morgan fingerprint density at radius 2 is 1.79 bits per heavy atom. The number of piperazine rings is 1. The zero-order valence-corrected chi connectivity index (χ0v) is 16.9. The highest BCUT2D eigenvalue weighted by atomic mass is 32.2. The molecule has 4 heterocycles. The first kappa shape index (κ1) is 18.4. The monoisotopic (exact) mass is 409 g/mol. The van der Waals surface area contributed by atoms with E-state index >= 15 is 0 Å². The Kier molecular flexibility index (Phi) is 4.67. The number of pyridine rings is 1. The number of hydrogen-bond donors (Lipinski definition) is 0. The van der Waals surface area contributed by atoms with Gasteiger partial charge in [0.1, 0.15) is 5.82 Å². The standard InChI is InChI=1S/C21H23N5O2S/c27-29(28)13-7-17(15-29)25-9-11-26(12-10-25)21-18-5-1-2-6-19(18)23-20(24-21)16-4-3-8-22-14-16/h1-6,8,14,17H,7,9-13,15H2. The van der Waals surface area contributed by atoms with Crippen LogP contribution in [0.2, 0.25) is 0 Å². The van der Waals surface area contributed by atoms with Gasteiger partial charge < -0.3 is 4.90 Å². The fourth-order valence-electron chi connectivity index (χ4n) is 4.29. The molecule has 150 valence electrons. The Bertz CT molecular complexity index is 1130. The van der Waals surface area contributed by atoms with Crippen LogP contribution < -0.4 is 4.90 Å². The van der Waals surface area contributed by atoms with Gasteiger partial charge in [0.2, 0.25) is 0 Å². The Morgan fingerprint density at radius 1 is 0.966 bits per heavy atom. The smallest absolute Gasteiger partial charge is 0.163 e. The molecule has 8 heteroatoms. The number of benzene rings is 1. The van der Waals surface area contributed by atoms with Crippen molar-refractivity contribution in [2.75, 3.05) is 42.6 Å². The molecule has 3 aromatic rings. The summed E-state index contributed by atoms with van der Waals surface area (Å²) < 4.78 is 23.7. The summed E-state index contributed by atoms with van der Waals surface area (Å²) in [6.07, 6.45) is 4.28. The molecule has 0 spiro atoms. The minimum Gasteiger partial charge on any atom is -0.353 e. The summed E-state index contributed by atoms with van der Waals surface area (Å²) in [5.41, 5.74) is 1.81. The van der Waals surface area contributed by atoms with Gasteiger partial charge in [-0.1, -0.05) is 12.1 Å². The molecule has 29 heavy (non-hydrogen) atoms. The molecule has 1 unspecified atom stereocenters. The third-order valence-electron chi connectivity index (χ3n) is 5.84. The lowest BCUT2D eigenvalue weighted by molar-refractivity contribution is 0.200. The number of fused-ring (bicyclic) bond motifs is 1. The minimum absolute atomic E-state index is 0.162. The van der Waals surface area contributed by atoms with E-state index in [0.29, 0.717) is 17.3 Å². The summed E-state index contributed by atoms with van der Waals surface area (Å²) in [6, 6.07) is 12.1. The van der Waals surface area contributed by atoms with Gasteiger partial charge in [0.05, 0.1) is 17.0 Å². The molecule has 5 rings (SSSR count). The molecular weight excluding hydrogens is 386 g/mol. The Balaban J connectivity index is 1.43. The SMILES string of the molecule is O=S1(=O)CCC(N2CCN(c3nc(-c4cccnc4)nc4ccccc34)CC2)C1. The van der Waals surface area contributed by atoms with Crippen LogP contribution in [0.4, 0.5) is 5.82 Å². The van der Waals surface area contributed by atoms with E-state index in [1.165, 1.54) is 0 Å². The van der Waals surface area contributed by atoms with Gasteiger partial charge in [0.25, 0.3) is 0 Å². The van der Waals surface area contributed by atoms with Gasteiger partial charge >= 0.3 is 0 Å². The first-order chi connectivity index (χ1) is 14.1. The molecule has 0 bridgehead atoms. The van der Waals surface area contributed by atoms with Crippen LogP contribution in [-0.2, 0) is 9.84 Å². The van der Waals surface area contributed by atoms with E-state index in [-0.39, 0.29) is 6.04 Å². The summed E-state index contributed by atoms with van der Waals surface area (Å²) in [7, 11) is -2.86. The second kappa shape index (κ2) is 7.35. The van der Waals surface area contributed by atoms with Gasteiger partial charge in [-0.2, -0.15) is 0 Å². The molecule has 0 N–H and O–H groups in total. The average Bonchev–Trinajstić information content (AvgIpc) is 3.13. The molecule has 0 saturated carbocycles. The van der Waals surface area contributed by atoms with Crippen LogP contribution in [-0.4, -0.2) is 72.0 Å². The van der Waals surface area contributed by atoms with Crippen molar-refractivity contribution in [2.45, 2.75) is 12.5 Å². The topological polar surface area (TPSA) is 79.3 Å². The van der Waals surface area contributed by atoms with Crippen LogP contribution in [0.3, 0.4) is 0 Å². The van der Waals surface area contributed by atoms with E-state index in [4.69, 9.17) is 9.97 Å². The molecule has 0 aliphatic carbocycles. The minimum atomic E-state index is -2.86. The van der Waals surface area contributed by atoms with Crippen molar-refractivity contribution >= 4 is 26.6 Å². The molecule has 0 amide bonds. The first-order valence-electron chi connectivity index (χ1n) is 9.96. The zero-order valence-electron chi connectivity index (χ0n) is 16.1. The van der Waals surface area contributed by atoms with Crippen LogP contribution in [0.5, 0.6) is 0 Å². The Hall–Kier alpha value is -2.58. The summed E-state index contributed by atoms with van der Waals surface area (Å²) in [4.78, 5) is 18.5. The lowest BCUT2D eigenvalue weighted by Crippen LogP contribution is -2.51. The summed E-state index contributed by atoms with van der Waals surface area (Å²) in [6.45, 7) is 3.34. The molecule has 1 atom stereocenters. The molecule has 2 aromatic heterocycles. The van der Waals surface area contributed by atoms with Crippen molar-refractivity contribution in [3.05, 3.63) is 48.8 Å². The summed E-state index contributed by atoms with van der Waals surface area (Å²) >= 11 is 0. The average molecular weight is 410 g/mol. The molecule has 2 saturated heterocycles. The van der Waals surface area contributed by atoms with Gasteiger partial charge in [0.15, 0.2) is 15.7 Å². The maximum absolute atomic E-state index is 11.8. The summed E-state index contributed by atoms with van der Waals surface area (Å²) in [5, 5.41) is 1.04. The third kappa shape index (κ3) is 3.70. The normalized spacial score (nSPS) is 22.2. The molecule has 7 nitrogen and oxygen atoms in total. The highest BCUT2D eigenvalue weighted by Gasteiger charge is 2.34. The molecule has 0 radical (unpaired) electrons. The quantitative estimate of drug-likeness (QED) is 0.655. The first-order valence-corrected chi connectivity index (χ1v) is 11.8. The van der Waals surface area contributed by atoms with Crippen LogP contribution in [0, 0.1) is 0 Å². The van der Waals surface area contributed by atoms with E-state index in [9.17, 15) is 8.42 Å². The van der Waals surface area contributed by atoms with E-state index in [1.54, 1.807) is 12.4 Å². The Morgan fingerprint density at radius 3 is 2.52 bits per heavy atom. The van der Waals surface area contributed by atoms with Crippen LogP contribution in [0.15, 0.2) is 48.8 Å². The van der Waals surface area contributed by atoms with E-state index in [1.807, 2.05) is 30.3 Å². The van der Waals surface area contributed by atoms with E-state index in [2.05, 4.69) is 20.9 Å². The lowest BCUT2D eigenvalue weighted by atomic mass is 10.1. The number of rotatable bonds is 3. The van der Waals surface area contributed by atoms with Crippen molar-refractivity contribution in [3.63, 3.8) is 0 Å². The predicted molar refractivity (Wildman–Crippen MR) is 114 cm³/mol. The van der Waals surface area contributed by atoms with Crippen molar-refractivity contribution in [1.82, 2.24) is 19.9 Å². The van der Waals surface area contributed by atoms with Crippen LogP contribution in [0.1, 0.15) is 6.42 Å². The van der Waals surface area contributed by atoms with Crippen molar-refractivity contribution in [3.8, 4) is 11.4 Å². The maximum atomic E-state index is 11.8. The van der Waals surface area contributed by atoms with Gasteiger partial charge in [-0.3, -0.25) is 9.88 Å². The molecule has 2 aliphatic rings. The molecule has 1 aromatic carbocycles. The molecular formula is C21H23N5O2S. The summed E-state index contributed by atoms with van der Waals surface area (Å²) in [5.74, 6) is 2.24. The number of hydrogen-bond acceptors (Lipinski definition) is 7.